The maximum atomic E-state index is 12.1. The van der Waals surface area contributed by atoms with Crippen molar-refractivity contribution in [2.75, 3.05) is 5.32 Å². The lowest BCUT2D eigenvalue weighted by Gasteiger charge is -2.12. The van der Waals surface area contributed by atoms with Crippen LogP contribution in [0.2, 0.25) is 10.0 Å². The fourth-order valence-electron chi connectivity index (χ4n) is 2.76. The molecular formula is C22H16Cl2N2O4S. The molecule has 3 aromatic rings. The molecule has 158 valence electrons. The highest BCUT2D eigenvalue weighted by Gasteiger charge is 2.11. The Balaban J connectivity index is 1.62. The summed E-state index contributed by atoms with van der Waals surface area (Å²) in [4.78, 5) is 23.4. The molecule has 0 fully saturated rings. The Bertz CT molecular complexity index is 1180. The molecular weight excluding hydrogens is 459 g/mol. The molecule has 0 unspecified atom stereocenters. The van der Waals surface area contributed by atoms with Crippen LogP contribution in [0.4, 0.5) is 5.69 Å². The van der Waals surface area contributed by atoms with Gasteiger partial charge in [0.15, 0.2) is 5.11 Å². The summed E-state index contributed by atoms with van der Waals surface area (Å²) in [5.41, 5.74) is 1.86. The number of carboxylic acids is 1. The van der Waals surface area contributed by atoms with Crippen LogP contribution in [-0.4, -0.2) is 22.1 Å². The number of carbonyl (C=O) groups excluding carboxylic acids is 1. The summed E-state index contributed by atoms with van der Waals surface area (Å²) < 4.78 is 5.69. The molecule has 0 aliphatic carbocycles. The van der Waals surface area contributed by atoms with Gasteiger partial charge in [-0.2, -0.15) is 0 Å². The first-order chi connectivity index (χ1) is 14.7. The summed E-state index contributed by atoms with van der Waals surface area (Å²) in [6, 6.07) is 13.2. The van der Waals surface area contributed by atoms with Crippen molar-refractivity contribution in [3.8, 4) is 11.3 Å². The fourth-order valence-corrected chi connectivity index (χ4v) is 3.50. The van der Waals surface area contributed by atoms with Crippen LogP contribution in [0.3, 0.4) is 0 Å². The quantitative estimate of drug-likeness (QED) is 0.320. The summed E-state index contributed by atoms with van der Waals surface area (Å²) in [5.74, 6) is -0.522. The molecule has 0 aliphatic rings. The Morgan fingerprint density at radius 1 is 1.10 bits per heavy atom. The second kappa shape index (κ2) is 9.78. The molecule has 3 rings (SSSR count). The molecule has 9 heteroatoms. The number of carboxylic acid groups (broad SMARTS) is 1. The molecule has 3 N–H and O–H groups in total. The molecule has 0 aliphatic heterocycles. The van der Waals surface area contributed by atoms with Crippen LogP contribution in [0.15, 0.2) is 59.0 Å². The molecule has 0 spiro atoms. The van der Waals surface area contributed by atoms with E-state index in [2.05, 4.69) is 10.6 Å². The second-order valence-electron chi connectivity index (χ2n) is 6.42. The van der Waals surface area contributed by atoms with Crippen LogP contribution in [0, 0.1) is 6.92 Å². The highest BCUT2D eigenvalue weighted by atomic mass is 35.5. The highest BCUT2D eigenvalue weighted by molar-refractivity contribution is 7.80. The van der Waals surface area contributed by atoms with Crippen LogP contribution in [0.25, 0.3) is 17.4 Å². The molecule has 1 heterocycles. The third-order valence-electron chi connectivity index (χ3n) is 4.22. The van der Waals surface area contributed by atoms with Gasteiger partial charge in [-0.1, -0.05) is 29.3 Å². The first kappa shape index (κ1) is 22.6. The molecule has 1 amide bonds. The third-order valence-corrected chi connectivity index (χ3v) is 4.86. The van der Waals surface area contributed by atoms with Crippen molar-refractivity contribution >= 4 is 64.2 Å². The van der Waals surface area contributed by atoms with Gasteiger partial charge in [-0.05, 0) is 73.2 Å². The monoisotopic (exact) mass is 474 g/mol. The standard InChI is InChI=1S/C22H16Cl2N2O4S/c1-12-17(21(28)29)3-2-4-18(12)25-22(31)26-20(27)8-6-16-5-7-19(30-16)13-9-14(23)11-15(24)10-13/h2-11H,1H3,(H,28,29)(H2,25,26,27,31)/b8-6+. The summed E-state index contributed by atoms with van der Waals surface area (Å²) >= 11 is 17.2. The van der Waals surface area contributed by atoms with Crippen LogP contribution in [0.5, 0.6) is 0 Å². The van der Waals surface area contributed by atoms with Crippen molar-refractivity contribution in [2.24, 2.45) is 0 Å². The fraction of sp³-hybridized carbons (Fsp3) is 0.0455. The summed E-state index contributed by atoms with van der Waals surface area (Å²) in [7, 11) is 0. The molecule has 31 heavy (non-hydrogen) atoms. The number of rotatable bonds is 5. The van der Waals surface area contributed by atoms with Crippen LogP contribution < -0.4 is 10.6 Å². The van der Waals surface area contributed by atoms with E-state index in [-0.39, 0.29) is 10.7 Å². The van der Waals surface area contributed by atoms with E-state index in [9.17, 15) is 14.7 Å². The smallest absolute Gasteiger partial charge is 0.336 e. The number of hydrogen-bond acceptors (Lipinski definition) is 4. The van der Waals surface area contributed by atoms with Gasteiger partial charge in [0.2, 0.25) is 5.91 Å². The Morgan fingerprint density at radius 3 is 2.48 bits per heavy atom. The van der Waals surface area contributed by atoms with Crippen molar-refractivity contribution in [1.29, 1.82) is 0 Å². The van der Waals surface area contributed by atoms with E-state index >= 15 is 0 Å². The van der Waals surface area contributed by atoms with Crippen LogP contribution in [0.1, 0.15) is 21.7 Å². The largest absolute Gasteiger partial charge is 0.478 e. The average Bonchev–Trinajstić information content (AvgIpc) is 3.16. The molecule has 0 saturated carbocycles. The number of furan rings is 1. The maximum Gasteiger partial charge on any atom is 0.336 e. The zero-order chi connectivity index (χ0) is 22.5. The van der Waals surface area contributed by atoms with Crippen LogP contribution in [-0.2, 0) is 4.79 Å². The molecule has 0 radical (unpaired) electrons. The maximum absolute atomic E-state index is 12.1. The van der Waals surface area contributed by atoms with Crippen molar-refractivity contribution in [2.45, 2.75) is 6.92 Å². The molecule has 6 nitrogen and oxygen atoms in total. The Hall–Kier alpha value is -3.13. The minimum Gasteiger partial charge on any atom is -0.478 e. The lowest BCUT2D eigenvalue weighted by Crippen LogP contribution is -2.33. The number of amides is 1. The van der Waals surface area contributed by atoms with E-state index in [0.29, 0.717) is 38.4 Å². The van der Waals surface area contributed by atoms with Crippen molar-refractivity contribution in [1.82, 2.24) is 5.32 Å². The predicted molar refractivity (Wildman–Crippen MR) is 126 cm³/mol. The van der Waals surface area contributed by atoms with E-state index in [1.165, 1.54) is 18.2 Å². The first-order valence-electron chi connectivity index (χ1n) is 8.92. The van der Waals surface area contributed by atoms with Gasteiger partial charge in [0.1, 0.15) is 11.5 Å². The number of carbonyl (C=O) groups is 2. The Morgan fingerprint density at radius 2 is 1.81 bits per heavy atom. The Labute approximate surface area is 193 Å². The zero-order valence-corrected chi connectivity index (χ0v) is 18.4. The molecule has 0 atom stereocenters. The predicted octanol–water partition coefficient (Wildman–Crippen LogP) is 5.79. The average molecular weight is 475 g/mol. The summed E-state index contributed by atoms with van der Waals surface area (Å²) in [6.45, 7) is 1.65. The summed E-state index contributed by atoms with van der Waals surface area (Å²) in [6.07, 6.45) is 2.76. The van der Waals surface area contributed by atoms with Crippen molar-refractivity contribution < 1.29 is 19.1 Å². The van der Waals surface area contributed by atoms with Gasteiger partial charge in [-0.25, -0.2) is 4.79 Å². The number of hydrogen-bond donors (Lipinski definition) is 3. The van der Waals surface area contributed by atoms with E-state index in [1.54, 1.807) is 49.4 Å². The van der Waals surface area contributed by atoms with E-state index in [4.69, 9.17) is 39.8 Å². The number of anilines is 1. The number of thiocarbonyl (C=S) groups is 1. The van der Waals surface area contributed by atoms with Gasteiger partial charge in [0.25, 0.3) is 0 Å². The molecule has 1 aromatic heterocycles. The van der Waals surface area contributed by atoms with Gasteiger partial charge < -0.3 is 14.8 Å². The van der Waals surface area contributed by atoms with E-state index < -0.39 is 11.9 Å². The van der Waals surface area contributed by atoms with Gasteiger partial charge in [0.05, 0.1) is 5.56 Å². The minimum atomic E-state index is -1.04. The van der Waals surface area contributed by atoms with Gasteiger partial charge in [-0.15, -0.1) is 0 Å². The zero-order valence-electron chi connectivity index (χ0n) is 16.1. The topological polar surface area (TPSA) is 91.6 Å². The van der Waals surface area contributed by atoms with Crippen molar-refractivity contribution in [3.05, 3.63) is 81.5 Å². The molecule has 2 aromatic carbocycles. The van der Waals surface area contributed by atoms with E-state index in [0.717, 1.165) is 0 Å². The molecule has 0 bridgehead atoms. The van der Waals surface area contributed by atoms with Gasteiger partial charge in [-0.3, -0.25) is 10.1 Å². The van der Waals surface area contributed by atoms with Crippen LogP contribution >= 0.6 is 35.4 Å². The summed E-state index contributed by atoms with van der Waals surface area (Å²) in [5, 5.41) is 15.5. The van der Waals surface area contributed by atoms with Crippen molar-refractivity contribution in [3.63, 3.8) is 0 Å². The Kier molecular flexibility index (Phi) is 7.12. The number of aromatic carboxylic acids is 1. The number of nitrogens with one attached hydrogen (secondary N) is 2. The second-order valence-corrected chi connectivity index (χ2v) is 7.70. The minimum absolute atomic E-state index is 0.0361. The third kappa shape index (κ3) is 5.95. The molecule has 0 saturated heterocycles. The first-order valence-corrected chi connectivity index (χ1v) is 10.1. The lowest BCUT2D eigenvalue weighted by atomic mass is 10.1. The lowest BCUT2D eigenvalue weighted by molar-refractivity contribution is -0.115. The van der Waals surface area contributed by atoms with Gasteiger partial charge >= 0.3 is 5.97 Å². The highest BCUT2D eigenvalue weighted by Crippen LogP contribution is 2.29. The van der Waals surface area contributed by atoms with Gasteiger partial charge in [0, 0.05) is 27.4 Å². The SMILES string of the molecule is Cc1c(NC(=S)NC(=O)/C=C/c2ccc(-c3cc(Cl)cc(Cl)c3)o2)cccc1C(=O)O. The van der Waals surface area contributed by atoms with E-state index in [1.807, 2.05) is 0 Å². The normalized spacial score (nSPS) is 10.8. The number of benzene rings is 2. The number of halogens is 2.